The van der Waals surface area contributed by atoms with E-state index >= 15 is 0 Å². The molecule has 0 amide bonds. The largest absolute Gasteiger partial charge is 0.494 e. The van der Waals surface area contributed by atoms with Crippen molar-refractivity contribution in [1.82, 2.24) is 0 Å². The van der Waals surface area contributed by atoms with Gasteiger partial charge in [-0.1, -0.05) is 50.1 Å². The Morgan fingerprint density at radius 2 is 1.71 bits per heavy atom. The molecule has 1 nitrogen and oxygen atoms in total. The van der Waals surface area contributed by atoms with Crippen LogP contribution in [0.15, 0.2) is 57.5 Å². The van der Waals surface area contributed by atoms with Gasteiger partial charge in [0.1, 0.15) is 5.75 Å². The van der Waals surface area contributed by atoms with Gasteiger partial charge in [-0.05, 0) is 54.7 Å². The zero-order valence-corrected chi connectivity index (χ0v) is 15.5. The molecule has 2 aromatic carbocycles. The smallest absolute Gasteiger partial charge is 0.120 e. The summed E-state index contributed by atoms with van der Waals surface area (Å²) >= 11 is 13.0. The maximum Gasteiger partial charge on any atom is 0.120 e. The number of hydrogen-bond acceptors (Lipinski definition) is 1. The van der Waals surface area contributed by atoms with Gasteiger partial charge in [0.15, 0.2) is 0 Å². The Kier molecular flexibility index (Phi) is 7.08. The van der Waals surface area contributed by atoms with E-state index in [2.05, 4.69) is 50.1 Å². The quantitative estimate of drug-likeness (QED) is 0.482. The van der Waals surface area contributed by atoms with E-state index in [0.717, 1.165) is 27.5 Å². The third-order valence-corrected chi connectivity index (χ3v) is 4.65. The topological polar surface area (TPSA) is 9.23 Å². The molecule has 2 aromatic rings. The van der Waals surface area contributed by atoms with Crippen LogP contribution in [-0.4, -0.2) is 12.5 Å². The standard InChI is InChI=1S/C17H17Br2ClO/c18-15-4-1-3-13(10-15)9-14(12-20)7-8-21-17-6-2-5-16(19)11-17/h1-6,10-11,14H,7-9,12H2. The molecule has 0 aliphatic carbocycles. The summed E-state index contributed by atoms with van der Waals surface area (Å²) in [5, 5.41) is 0. The second-order valence-electron chi connectivity index (χ2n) is 4.95. The van der Waals surface area contributed by atoms with Crippen molar-refractivity contribution in [3.8, 4) is 5.75 Å². The molecule has 21 heavy (non-hydrogen) atoms. The first-order valence-corrected chi connectivity index (χ1v) is 8.98. The molecule has 0 heterocycles. The van der Waals surface area contributed by atoms with Gasteiger partial charge in [0.25, 0.3) is 0 Å². The van der Waals surface area contributed by atoms with Gasteiger partial charge < -0.3 is 4.74 Å². The monoisotopic (exact) mass is 430 g/mol. The van der Waals surface area contributed by atoms with Crippen molar-refractivity contribution < 1.29 is 4.74 Å². The van der Waals surface area contributed by atoms with Crippen molar-refractivity contribution in [2.75, 3.05) is 12.5 Å². The van der Waals surface area contributed by atoms with Crippen molar-refractivity contribution in [3.63, 3.8) is 0 Å². The van der Waals surface area contributed by atoms with E-state index in [1.165, 1.54) is 5.56 Å². The average Bonchev–Trinajstić information content (AvgIpc) is 2.46. The van der Waals surface area contributed by atoms with Gasteiger partial charge in [0.2, 0.25) is 0 Å². The molecule has 0 aliphatic rings. The summed E-state index contributed by atoms with van der Waals surface area (Å²) in [6.45, 7) is 0.682. The fraction of sp³-hybridized carbons (Fsp3) is 0.294. The molecule has 0 radical (unpaired) electrons. The molecule has 1 atom stereocenters. The normalized spacial score (nSPS) is 12.1. The highest BCUT2D eigenvalue weighted by Gasteiger charge is 2.09. The summed E-state index contributed by atoms with van der Waals surface area (Å²) in [5.74, 6) is 1.96. The van der Waals surface area contributed by atoms with Crippen molar-refractivity contribution in [2.45, 2.75) is 12.8 Å². The molecule has 112 valence electrons. The zero-order valence-electron chi connectivity index (χ0n) is 11.6. The van der Waals surface area contributed by atoms with Gasteiger partial charge in [0.05, 0.1) is 6.61 Å². The molecule has 0 fully saturated rings. The molecule has 0 saturated carbocycles. The van der Waals surface area contributed by atoms with Crippen LogP contribution in [0.2, 0.25) is 0 Å². The van der Waals surface area contributed by atoms with Gasteiger partial charge in [0, 0.05) is 14.8 Å². The first-order valence-electron chi connectivity index (χ1n) is 6.86. The molecule has 0 aliphatic heterocycles. The Morgan fingerprint density at radius 1 is 1.00 bits per heavy atom. The zero-order chi connectivity index (χ0) is 15.1. The lowest BCUT2D eigenvalue weighted by molar-refractivity contribution is 0.284. The highest BCUT2D eigenvalue weighted by atomic mass is 79.9. The Hall–Kier alpha value is -0.510. The van der Waals surface area contributed by atoms with E-state index in [1.54, 1.807) is 0 Å². The molecule has 0 aromatic heterocycles. The van der Waals surface area contributed by atoms with Crippen LogP contribution in [0, 0.1) is 5.92 Å². The van der Waals surface area contributed by atoms with Crippen molar-refractivity contribution in [3.05, 3.63) is 63.0 Å². The van der Waals surface area contributed by atoms with Gasteiger partial charge >= 0.3 is 0 Å². The van der Waals surface area contributed by atoms with Gasteiger partial charge in [-0.2, -0.15) is 0 Å². The van der Waals surface area contributed by atoms with Crippen molar-refractivity contribution in [1.29, 1.82) is 0 Å². The molecule has 0 saturated heterocycles. The fourth-order valence-electron chi connectivity index (χ4n) is 2.13. The van der Waals surface area contributed by atoms with Crippen LogP contribution in [0.4, 0.5) is 0 Å². The fourth-order valence-corrected chi connectivity index (χ4v) is 3.22. The molecule has 0 spiro atoms. The third-order valence-electron chi connectivity index (χ3n) is 3.22. The van der Waals surface area contributed by atoms with Crippen molar-refractivity contribution in [2.24, 2.45) is 5.92 Å². The maximum atomic E-state index is 6.09. The number of ether oxygens (including phenoxy) is 1. The minimum Gasteiger partial charge on any atom is -0.494 e. The molecule has 4 heteroatoms. The van der Waals surface area contributed by atoms with Crippen LogP contribution in [-0.2, 0) is 6.42 Å². The minimum atomic E-state index is 0.424. The van der Waals surface area contributed by atoms with E-state index in [9.17, 15) is 0 Å². The lowest BCUT2D eigenvalue weighted by Crippen LogP contribution is -2.11. The first kappa shape index (κ1) is 16.9. The number of rotatable bonds is 7. The highest BCUT2D eigenvalue weighted by molar-refractivity contribution is 9.10. The second kappa shape index (κ2) is 8.82. The average molecular weight is 433 g/mol. The van der Waals surface area contributed by atoms with E-state index < -0.39 is 0 Å². The Morgan fingerprint density at radius 3 is 2.38 bits per heavy atom. The lowest BCUT2D eigenvalue weighted by atomic mass is 9.98. The molecular formula is C17H17Br2ClO. The van der Waals surface area contributed by atoms with Gasteiger partial charge in [-0.3, -0.25) is 0 Å². The van der Waals surface area contributed by atoms with E-state index in [1.807, 2.05) is 30.3 Å². The second-order valence-corrected chi connectivity index (χ2v) is 7.09. The molecule has 1 unspecified atom stereocenters. The van der Waals surface area contributed by atoms with Crippen molar-refractivity contribution >= 4 is 43.5 Å². The summed E-state index contributed by atoms with van der Waals surface area (Å²) in [5.41, 5.74) is 1.30. The van der Waals surface area contributed by atoms with Crippen LogP contribution in [0.1, 0.15) is 12.0 Å². The summed E-state index contributed by atoms with van der Waals surface area (Å²) in [7, 11) is 0. The predicted octanol–water partition coefficient (Wildman–Crippen LogP) is 6.08. The van der Waals surface area contributed by atoms with E-state index in [0.29, 0.717) is 18.4 Å². The lowest BCUT2D eigenvalue weighted by Gasteiger charge is -2.15. The summed E-state index contributed by atoms with van der Waals surface area (Å²) in [6.07, 6.45) is 1.92. The Balaban J connectivity index is 1.82. The molecule has 0 N–H and O–H groups in total. The number of alkyl halides is 1. The number of benzene rings is 2. The summed E-state index contributed by atoms with van der Waals surface area (Å²) in [4.78, 5) is 0. The van der Waals surface area contributed by atoms with Crippen LogP contribution in [0.25, 0.3) is 0 Å². The molecule has 2 rings (SSSR count). The number of halogens is 3. The van der Waals surface area contributed by atoms with Crippen LogP contribution in [0.3, 0.4) is 0 Å². The first-order chi connectivity index (χ1) is 10.2. The summed E-state index contributed by atoms with van der Waals surface area (Å²) < 4.78 is 7.92. The van der Waals surface area contributed by atoms with Crippen LogP contribution in [0.5, 0.6) is 5.75 Å². The third kappa shape index (κ3) is 6.01. The van der Waals surface area contributed by atoms with E-state index in [4.69, 9.17) is 16.3 Å². The Bertz CT molecular complexity index is 574. The molecular weight excluding hydrogens is 415 g/mol. The van der Waals surface area contributed by atoms with Gasteiger partial charge in [-0.15, -0.1) is 11.6 Å². The summed E-state index contributed by atoms with van der Waals surface area (Å²) in [6, 6.07) is 16.3. The SMILES string of the molecule is ClCC(CCOc1cccc(Br)c1)Cc1cccc(Br)c1. The maximum absolute atomic E-state index is 6.09. The Labute approximate surface area is 147 Å². The minimum absolute atomic E-state index is 0.424. The highest BCUT2D eigenvalue weighted by Crippen LogP contribution is 2.20. The van der Waals surface area contributed by atoms with Crippen LogP contribution < -0.4 is 4.74 Å². The van der Waals surface area contributed by atoms with Crippen LogP contribution >= 0.6 is 43.5 Å². The number of hydrogen-bond donors (Lipinski definition) is 0. The molecule has 0 bridgehead atoms. The van der Waals surface area contributed by atoms with Gasteiger partial charge in [-0.25, -0.2) is 0 Å². The predicted molar refractivity (Wildman–Crippen MR) is 96.3 cm³/mol. The van der Waals surface area contributed by atoms with E-state index in [-0.39, 0.29) is 0 Å².